The van der Waals surface area contributed by atoms with Crippen LogP contribution >= 0.6 is 0 Å². The quantitative estimate of drug-likeness (QED) is 0.517. The van der Waals surface area contributed by atoms with Crippen molar-refractivity contribution in [2.45, 2.75) is 20.8 Å². The predicted octanol–water partition coefficient (Wildman–Crippen LogP) is 0.568. The number of hydrogen-bond acceptors (Lipinski definition) is 3. The lowest BCUT2D eigenvalue weighted by atomic mass is 9.95. The van der Waals surface area contributed by atoms with Gasteiger partial charge in [-0.15, -0.1) is 0 Å². The Kier molecular flexibility index (Phi) is 5.11. The van der Waals surface area contributed by atoms with Crippen LogP contribution in [0.1, 0.15) is 20.8 Å². The molecular weight excluding hydrogens is 170 g/mol. The Morgan fingerprint density at radius 3 is 2.23 bits per heavy atom. The summed E-state index contributed by atoms with van der Waals surface area (Å²) in [4.78, 5) is 22.6. The first-order chi connectivity index (χ1) is 6.04. The molecule has 1 N–H and O–H groups in total. The molecule has 1 amide bonds. The minimum Gasteiger partial charge on any atom is -0.468 e. The van der Waals surface area contributed by atoms with E-state index < -0.39 is 11.9 Å². The van der Waals surface area contributed by atoms with Gasteiger partial charge in [0.2, 0.25) is 5.91 Å². The summed E-state index contributed by atoms with van der Waals surface area (Å²) in [5, 5.41) is 2.60. The molecule has 1 unspecified atom stereocenters. The smallest absolute Gasteiger partial charge is 0.318 e. The van der Waals surface area contributed by atoms with E-state index >= 15 is 0 Å². The molecule has 4 heteroatoms. The number of hydrogen-bond donors (Lipinski definition) is 1. The Labute approximate surface area is 78.6 Å². The van der Waals surface area contributed by atoms with Gasteiger partial charge in [0.1, 0.15) is 5.92 Å². The maximum Gasteiger partial charge on any atom is 0.318 e. The Bertz CT molecular complexity index is 189. The monoisotopic (exact) mass is 187 g/mol. The second kappa shape index (κ2) is 5.56. The largest absolute Gasteiger partial charge is 0.468 e. The van der Waals surface area contributed by atoms with Crippen LogP contribution in [0.2, 0.25) is 0 Å². The van der Waals surface area contributed by atoms with Gasteiger partial charge in [0.15, 0.2) is 0 Å². The van der Waals surface area contributed by atoms with Gasteiger partial charge in [0.25, 0.3) is 0 Å². The van der Waals surface area contributed by atoms with Crippen molar-refractivity contribution >= 4 is 11.9 Å². The number of esters is 1. The highest BCUT2D eigenvalue weighted by molar-refractivity contribution is 5.97. The lowest BCUT2D eigenvalue weighted by Crippen LogP contribution is -2.38. The van der Waals surface area contributed by atoms with Crippen molar-refractivity contribution in [3.8, 4) is 0 Å². The molecule has 0 spiro atoms. The van der Waals surface area contributed by atoms with Crippen LogP contribution in [0, 0.1) is 11.8 Å². The molecule has 0 aromatic carbocycles. The van der Waals surface area contributed by atoms with Gasteiger partial charge in [-0.1, -0.05) is 13.8 Å². The molecule has 0 bridgehead atoms. The summed E-state index contributed by atoms with van der Waals surface area (Å²) in [6, 6.07) is 0. The van der Waals surface area contributed by atoms with Crippen LogP contribution in [0.15, 0.2) is 0 Å². The van der Waals surface area contributed by atoms with E-state index in [1.165, 1.54) is 7.11 Å². The van der Waals surface area contributed by atoms with Crippen molar-refractivity contribution in [1.29, 1.82) is 0 Å². The van der Waals surface area contributed by atoms with Gasteiger partial charge in [-0.05, 0) is 12.8 Å². The zero-order valence-electron chi connectivity index (χ0n) is 8.59. The molecule has 0 aliphatic carbocycles. The Morgan fingerprint density at radius 1 is 1.38 bits per heavy atom. The molecule has 0 aromatic heterocycles. The van der Waals surface area contributed by atoms with Crippen LogP contribution in [-0.2, 0) is 14.3 Å². The SMILES string of the molecule is CCNC(=O)C(C(=O)OC)C(C)C. The zero-order chi connectivity index (χ0) is 10.4. The van der Waals surface area contributed by atoms with E-state index in [0.29, 0.717) is 6.54 Å². The van der Waals surface area contributed by atoms with Crippen molar-refractivity contribution in [2.24, 2.45) is 11.8 Å². The molecule has 76 valence electrons. The molecule has 1 atom stereocenters. The molecular formula is C9H17NO3. The van der Waals surface area contributed by atoms with Gasteiger partial charge in [0, 0.05) is 6.54 Å². The third kappa shape index (κ3) is 3.44. The number of rotatable bonds is 4. The lowest BCUT2D eigenvalue weighted by Gasteiger charge is -2.16. The van der Waals surface area contributed by atoms with E-state index in [-0.39, 0.29) is 11.8 Å². The van der Waals surface area contributed by atoms with E-state index in [2.05, 4.69) is 10.1 Å². The molecule has 4 nitrogen and oxygen atoms in total. The van der Waals surface area contributed by atoms with Crippen molar-refractivity contribution in [3.63, 3.8) is 0 Å². The number of nitrogens with one attached hydrogen (secondary N) is 1. The zero-order valence-corrected chi connectivity index (χ0v) is 8.59. The van der Waals surface area contributed by atoms with Gasteiger partial charge >= 0.3 is 5.97 Å². The summed E-state index contributed by atoms with van der Waals surface area (Å²) in [5.41, 5.74) is 0. The Balaban J connectivity index is 4.41. The molecule has 0 saturated heterocycles. The summed E-state index contributed by atoms with van der Waals surface area (Å²) >= 11 is 0. The molecule has 13 heavy (non-hydrogen) atoms. The first-order valence-corrected chi connectivity index (χ1v) is 4.40. The average Bonchev–Trinajstić information content (AvgIpc) is 2.04. The van der Waals surface area contributed by atoms with Gasteiger partial charge in [-0.2, -0.15) is 0 Å². The minimum absolute atomic E-state index is 0.0426. The summed E-state index contributed by atoms with van der Waals surface area (Å²) in [6.45, 7) is 5.97. The maximum atomic E-state index is 11.4. The predicted molar refractivity (Wildman–Crippen MR) is 49.0 cm³/mol. The second-order valence-corrected chi connectivity index (χ2v) is 3.14. The van der Waals surface area contributed by atoms with Crippen molar-refractivity contribution in [3.05, 3.63) is 0 Å². The minimum atomic E-state index is -0.690. The second-order valence-electron chi connectivity index (χ2n) is 3.14. The fourth-order valence-corrected chi connectivity index (χ4v) is 1.09. The molecule has 0 aromatic rings. The molecule has 0 rings (SSSR count). The van der Waals surface area contributed by atoms with Crippen LogP contribution in [-0.4, -0.2) is 25.5 Å². The van der Waals surface area contributed by atoms with Gasteiger partial charge in [0.05, 0.1) is 7.11 Å². The molecule has 0 aliphatic rings. The maximum absolute atomic E-state index is 11.4. The first kappa shape index (κ1) is 11.9. The van der Waals surface area contributed by atoms with Gasteiger partial charge < -0.3 is 10.1 Å². The highest BCUT2D eigenvalue weighted by Crippen LogP contribution is 2.12. The number of amides is 1. The molecule has 0 radical (unpaired) electrons. The lowest BCUT2D eigenvalue weighted by molar-refractivity contribution is -0.151. The number of carbonyl (C=O) groups excluding carboxylic acids is 2. The van der Waals surface area contributed by atoms with Crippen molar-refractivity contribution in [2.75, 3.05) is 13.7 Å². The third-order valence-corrected chi connectivity index (χ3v) is 1.76. The van der Waals surface area contributed by atoms with Crippen LogP contribution in [0.5, 0.6) is 0 Å². The number of methoxy groups -OCH3 is 1. The number of carbonyl (C=O) groups is 2. The highest BCUT2D eigenvalue weighted by Gasteiger charge is 2.29. The molecule has 0 aliphatic heterocycles. The summed E-state index contributed by atoms with van der Waals surface area (Å²) in [6.07, 6.45) is 0. The summed E-state index contributed by atoms with van der Waals surface area (Å²) in [7, 11) is 1.29. The van der Waals surface area contributed by atoms with Crippen LogP contribution in [0.25, 0.3) is 0 Å². The fourth-order valence-electron chi connectivity index (χ4n) is 1.09. The Hall–Kier alpha value is -1.06. The van der Waals surface area contributed by atoms with E-state index in [1.54, 1.807) is 0 Å². The van der Waals surface area contributed by atoms with Crippen LogP contribution in [0.4, 0.5) is 0 Å². The van der Waals surface area contributed by atoms with Crippen LogP contribution < -0.4 is 5.32 Å². The molecule has 0 fully saturated rings. The normalized spacial score (nSPS) is 12.4. The molecule has 0 heterocycles. The van der Waals surface area contributed by atoms with Crippen molar-refractivity contribution < 1.29 is 14.3 Å². The van der Waals surface area contributed by atoms with E-state index in [9.17, 15) is 9.59 Å². The summed E-state index contributed by atoms with van der Waals surface area (Å²) < 4.78 is 4.54. The standard InChI is InChI=1S/C9H17NO3/c1-5-10-8(11)7(6(2)3)9(12)13-4/h6-7H,5H2,1-4H3,(H,10,11). The van der Waals surface area contributed by atoms with E-state index in [4.69, 9.17) is 0 Å². The van der Waals surface area contributed by atoms with E-state index in [1.807, 2.05) is 20.8 Å². The number of ether oxygens (including phenoxy) is 1. The average molecular weight is 187 g/mol. The van der Waals surface area contributed by atoms with Gasteiger partial charge in [-0.25, -0.2) is 0 Å². The fraction of sp³-hybridized carbons (Fsp3) is 0.778. The van der Waals surface area contributed by atoms with Crippen LogP contribution in [0.3, 0.4) is 0 Å². The first-order valence-electron chi connectivity index (χ1n) is 4.40. The summed E-state index contributed by atoms with van der Waals surface area (Å²) in [5.74, 6) is -1.46. The topological polar surface area (TPSA) is 55.4 Å². The highest BCUT2D eigenvalue weighted by atomic mass is 16.5. The Morgan fingerprint density at radius 2 is 1.92 bits per heavy atom. The van der Waals surface area contributed by atoms with Crippen molar-refractivity contribution in [1.82, 2.24) is 5.32 Å². The van der Waals surface area contributed by atoms with E-state index in [0.717, 1.165) is 0 Å². The van der Waals surface area contributed by atoms with Gasteiger partial charge in [-0.3, -0.25) is 9.59 Å². The molecule has 0 saturated carbocycles. The third-order valence-electron chi connectivity index (χ3n) is 1.76.